The number of piperidine rings is 1. The second-order valence-corrected chi connectivity index (χ2v) is 9.98. The quantitative estimate of drug-likeness (QED) is 0.346. The number of carbonyl (C=O) groups is 1. The average molecular weight is 468 g/mol. The SMILES string of the molecule is Cc1ccc(COC2CCN(S(=O)(=O)CC(c3cccnc3)N(O)C=O)CC2)cc1Cl. The van der Waals surface area contributed by atoms with Crippen molar-refractivity contribution in [1.82, 2.24) is 14.4 Å². The van der Waals surface area contributed by atoms with Crippen LogP contribution in [0, 0.1) is 6.92 Å². The van der Waals surface area contributed by atoms with Crippen molar-refractivity contribution in [3.63, 3.8) is 0 Å². The molecule has 31 heavy (non-hydrogen) atoms. The van der Waals surface area contributed by atoms with Crippen LogP contribution in [-0.4, -0.2) is 59.3 Å². The first-order chi connectivity index (χ1) is 14.8. The Labute approximate surface area is 187 Å². The van der Waals surface area contributed by atoms with E-state index in [9.17, 15) is 18.4 Å². The maximum atomic E-state index is 12.9. The highest BCUT2D eigenvalue weighted by molar-refractivity contribution is 7.89. The summed E-state index contributed by atoms with van der Waals surface area (Å²) in [5, 5.41) is 11.0. The Balaban J connectivity index is 1.57. The molecule has 1 unspecified atom stereocenters. The van der Waals surface area contributed by atoms with Crippen molar-refractivity contribution in [2.75, 3.05) is 18.8 Å². The smallest absolute Gasteiger partial charge is 0.233 e. The molecule has 3 rings (SSSR count). The number of aromatic nitrogens is 1. The zero-order valence-corrected chi connectivity index (χ0v) is 18.8. The topological polar surface area (TPSA) is 100 Å². The molecule has 168 valence electrons. The van der Waals surface area contributed by atoms with Crippen LogP contribution in [0.5, 0.6) is 0 Å². The van der Waals surface area contributed by atoms with Crippen LogP contribution in [0.1, 0.15) is 35.6 Å². The number of pyridine rings is 1. The number of aryl methyl sites for hydroxylation is 1. The van der Waals surface area contributed by atoms with E-state index < -0.39 is 21.8 Å². The fourth-order valence-corrected chi connectivity index (χ4v) is 5.42. The van der Waals surface area contributed by atoms with Gasteiger partial charge in [0.05, 0.1) is 18.5 Å². The van der Waals surface area contributed by atoms with E-state index in [1.807, 2.05) is 25.1 Å². The molecule has 2 heterocycles. The molecule has 1 amide bonds. The molecule has 1 aliphatic heterocycles. The second-order valence-electron chi connectivity index (χ2n) is 7.56. The number of ether oxygens (including phenoxy) is 1. The van der Waals surface area contributed by atoms with Crippen LogP contribution in [0.3, 0.4) is 0 Å². The lowest BCUT2D eigenvalue weighted by Crippen LogP contribution is -2.44. The minimum absolute atomic E-state index is 0.0510. The van der Waals surface area contributed by atoms with Gasteiger partial charge in [0, 0.05) is 30.5 Å². The zero-order chi connectivity index (χ0) is 22.4. The number of amides is 1. The molecule has 8 nitrogen and oxygen atoms in total. The van der Waals surface area contributed by atoms with Gasteiger partial charge in [0.2, 0.25) is 16.4 Å². The highest BCUT2D eigenvalue weighted by Gasteiger charge is 2.33. The lowest BCUT2D eigenvalue weighted by atomic mass is 10.1. The zero-order valence-electron chi connectivity index (χ0n) is 17.2. The molecule has 1 aromatic carbocycles. The van der Waals surface area contributed by atoms with Gasteiger partial charge in [-0.2, -0.15) is 0 Å². The molecular weight excluding hydrogens is 442 g/mol. The van der Waals surface area contributed by atoms with Crippen LogP contribution < -0.4 is 0 Å². The van der Waals surface area contributed by atoms with E-state index in [-0.39, 0.29) is 12.5 Å². The van der Waals surface area contributed by atoms with E-state index in [4.69, 9.17) is 16.3 Å². The fourth-order valence-electron chi connectivity index (χ4n) is 3.49. The van der Waals surface area contributed by atoms with Gasteiger partial charge in [0.1, 0.15) is 6.04 Å². The molecule has 1 saturated heterocycles. The molecule has 0 saturated carbocycles. The lowest BCUT2D eigenvalue weighted by Gasteiger charge is -2.33. The van der Waals surface area contributed by atoms with Crippen LogP contribution in [0.4, 0.5) is 0 Å². The van der Waals surface area contributed by atoms with Crippen molar-refractivity contribution in [3.8, 4) is 0 Å². The average Bonchev–Trinajstić information content (AvgIpc) is 2.78. The highest BCUT2D eigenvalue weighted by atomic mass is 35.5. The summed E-state index contributed by atoms with van der Waals surface area (Å²) in [6.07, 6.45) is 4.24. The van der Waals surface area contributed by atoms with Gasteiger partial charge in [-0.3, -0.25) is 15.0 Å². The first kappa shape index (κ1) is 23.6. The summed E-state index contributed by atoms with van der Waals surface area (Å²) in [7, 11) is -3.71. The minimum Gasteiger partial charge on any atom is -0.373 e. The maximum Gasteiger partial charge on any atom is 0.233 e. The number of nitrogens with zero attached hydrogens (tertiary/aromatic N) is 3. The normalized spacial score (nSPS) is 16.7. The third-order valence-corrected chi connectivity index (χ3v) is 7.68. The van der Waals surface area contributed by atoms with Crippen molar-refractivity contribution >= 4 is 28.0 Å². The number of hydrogen-bond donors (Lipinski definition) is 1. The number of benzene rings is 1. The second kappa shape index (κ2) is 10.5. The molecule has 0 spiro atoms. The molecule has 1 atom stereocenters. The summed E-state index contributed by atoms with van der Waals surface area (Å²) < 4.78 is 33.2. The van der Waals surface area contributed by atoms with Crippen molar-refractivity contribution in [3.05, 3.63) is 64.4 Å². The van der Waals surface area contributed by atoms with Gasteiger partial charge >= 0.3 is 0 Å². The number of halogens is 1. The summed E-state index contributed by atoms with van der Waals surface area (Å²) in [5.41, 5.74) is 2.42. The molecule has 0 radical (unpaired) electrons. The third-order valence-electron chi connectivity index (χ3n) is 5.38. The van der Waals surface area contributed by atoms with E-state index in [1.54, 1.807) is 12.1 Å². The Kier molecular flexibility index (Phi) is 8.01. The number of hydroxylamine groups is 2. The Morgan fingerprint density at radius 1 is 1.35 bits per heavy atom. The molecule has 0 aliphatic carbocycles. The molecule has 1 N–H and O–H groups in total. The lowest BCUT2D eigenvalue weighted by molar-refractivity contribution is -0.159. The Bertz CT molecular complexity index is 982. The molecule has 1 aromatic heterocycles. The van der Waals surface area contributed by atoms with Gasteiger partial charge in [-0.15, -0.1) is 0 Å². The standard InChI is InChI=1S/C21H26ClN3O5S/c1-16-4-5-17(11-20(16)22)13-30-19-6-9-24(10-7-19)31(28,29)14-21(25(27)15-26)18-3-2-8-23-12-18/h2-5,8,11-12,15,19,21,27H,6-7,9-10,13-14H2,1H3. The van der Waals surface area contributed by atoms with Crippen LogP contribution in [0.25, 0.3) is 0 Å². The minimum atomic E-state index is -3.71. The van der Waals surface area contributed by atoms with Gasteiger partial charge in [-0.25, -0.2) is 17.8 Å². The summed E-state index contributed by atoms with van der Waals surface area (Å²) in [5.74, 6) is -0.429. The van der Waals surface area contributed by atoms with Crippen molar-refractivity contribution < 1.29 is 23.2 Å². The van der Waals surface area contributed by atoms with Crippen LogP contribution >= 0.6 is 11.6 Å². The predicted molar refractivity (Wildman–Crippen MR) is 116 cm³/mol. The number of carbonyl (C=O) groups excluding carboxylic acids is 1. The third kappa shape index (κ3) is 6.24. The van der Waals surface area contributed by atoms with Gasteiger partial charge in [-0.05, 0) is 48.6 Å². The van der Waals surface area contributed by atoms with E-state index in [0.717, 1.165) is 11.1 Å². The Morgan fingerprint density at radius 2 is 2.10 bits per heavy atom. The van der Waals surface area contributed by atoms with Gasteiger partial charge in [-0.1, -0.05) is 29.8 Å². The fraction of sp³-hybridized carbons (Fsp3) is 0.429. The van der Waals surface area contributed by atoms with E-state index in [0.29, 0.717) is 48.2 Å². The molecular formula is C21H26ClN3O5S. The van der Waals surface area contributed by atoms with Gasteiger partial charge in [0.25, 0.3) is 0 Å². The largest absolute Gasteiger partial charge is 0.373 e. The van der Waals surface area contributed by atoms with Crippen LogP contribution in [-0.2, 0) is 26.2 Å². The molecule has 10 heteroatoms. The molecule has 1 aliphatic rings. The van der Waals surface area contributed by atoms with E-state index >= 15 is 0 Å². The monoisotopic (exact) mass is 467 g/mol. The number of hydrogen-bond acceptors (Lipinski definition) is 6. The van der Waals surface area contributed by atoms with Crippen molar-refractivity contribution in [2.24, 2.45) is 0 Å². The molecule has 1 fully saturated rings. The van der Waals surface area contributed by atoms with E-state index in [2.05, 4.69) is 4.98 Å². The molecule has 0 bridgehead atoms. The predicted octanol–water partition coefficient (Wildman–Crippen LogP) is 2.94. The number of sulfonamides is 1. The van der Waals surface area contributed by atoms with Crippen molar-refractivity contribution in [1.29, 1.82) is 0 Å². The maximum absolute atomic E-state index is 12.9. The summed E-state index contributed by atoms with van der Waals surface area (Å²) in [6.45, 7) is 2.98. The van der Waals surface area contributed by atoms with Crippen molar-refractivity contribution in [2.45, 2.75) is 38.5 Å². The van der Waals surface area contributed by atoms with Gasteiger partial charge < -0.3 is 4.74 Å². The summed E-state index contributed by atoms with van der Waals surface area (Å²) in [4.78, 5) is 15.0. The first-order valence-corrected chi connectivity index (χ1v) is 12.0. The Morgan fingerprint density at radius 3 is 2.71 bits per heavy atom. The van der Waals surface area contributed by atoms with E-state index in [1.165, 1.54) is 16.7 Å². The summed E-state index contributed by atoms with van der Waals surface area (Å²) in [6, 6.07) is 8.00. The molecule has 2 aromatic rings. The highest BCUT2D eigenvalue weighted by Crippen LogP contribution is 2.25. The Hall–Kier alpha value is -2.04. The van der Waals surface area contributed by atoms with Gasteiger partial charge in [0.15, 0.2) is 0 Å². The summed E-state index contributed by atoms with van der Waals surface area (Å²) >= 11 is 6.15. The first-order valence-electron chi connectivity index (χ1n) is 9.97. The van der Waals surface area contributed by atoms with Crippen LogP contribution in [0.2, 0.25) is 5.02 Å². The number of rotatable bonds is 9. The van der Waals surface area contributed by atoms with Crippen LogP contribution in [0.15, 0.2) is 42.7 Å².